The Morgan fingerprint density at radius 3 is 2.29 bits per heavy atom. The van der Waals surface area contributed by atoms with Gasteiger partial charge in [0, 0.05) is 26.4 Å². The predicted octanol–water partition coefficient (Wildman–Crippen LogP) is 1.36. The van der Waals surface area contributed by atoms with Crippen molar-refractivity contribution < 1.29 is 14.7 Å². The fraction of sp³-hybridized carbons (Fsp3) is 0.800. The molecule has 4 nitrogen and oxygen atoms in total. The summed E-state index contributed by atoms with van der Waals surface area (Å²) in [5.74, 6) is -0.368. The smallest absolute Gasteiger partial charge is 0.303 e. The van der Waals surface area contributed by atoms with Crippen LogP contribution in [0.4, 0.5) is 0 Å². The maximum absolute atomic E-state index is 11.4. The Hall–Kier alpha value is -1.06. The van der Waals surface area contributed by atoms with Gasteiger partial charge in [-0.2, -0.15) is 0 Å². The van der Waals surface area contributed by atoms with Crippen molar-refractivity contribution >= 4 is 11.9 Å². The molecule has 0 aromatic heterocycles. The van der Waals surface area contributed by atoms with Crippen LogP contribution in [0.1, 0.15) is 33.1 Å². The first kappa shape index (κ1) is 12.9. The van der Waals surface area contributed by atoms with Crippen LogP contribution in [0.25, 0.3) is 0 Å². The molecule has 0 unspecified atom stereocenters. The molecule has 0 saturated heterocycles. The second kappa shape index (κ2) is 6.40. The summed E-state index contributed by atoms with van der Waals surface area (Å²) in [6, 6.07) is 0. The summed E-state index contributed by atoms with van der Waals surface area (Å²) in [6.45, 7) is 4.81. The van der Waals surface area contributed by atoms with E-state index in [-0.39, 0.29) is 12.3 Å². The van der Waals surface area contributed by atoms with Crippen LogP contribution in [-0.2, 0) is 9.59 Å². The highest BCUT2D eigenvalue weighted by Gasteiger charge is 2.10. The van der Waals surface area contributed by atoms with Gasteiger partial charge in [0.1, 0.15) is 0 Å². The average molecular weight is 201 g/mol. The third-order valence-corrected chi connectivity index (χ3v) is 1.85. The van der Waals surface area contributed by atoms with E-state index in [1.54, 1.807) is 11.9 Å². The zero-order chi connectivity index (χ0) is 11.1. The summed E-state index contributed by atoms with van der Waals surface area (Å²) in [5.41, 5.74) is 0. The second-order valence-corrected chi connectivity index (χ2v) is 3.92. The topological polar surface area (TPSA) is 57.6 Å². The number of carbonyl (C=O) groups is 2. The number of aliphatic carboxylic acids is 1. The monoisotopic (exact) mass is 201 g/mol. The van der Waals surface area contributed by atoms with Gasteiger partial charge in [0.15, 0.2) is 0 Å². The molecule has 0 aromatic carbocycles. The van der Waals surface area contributed by atoms with Crippen LogP contribution in [0.15, 0.2) is 0 Å². The molecule has 0 aromatic rings. The van der Waals surface area contributed by atoms with Gasteiger partial charge in [0.2, 0.25) is 5.91 Å². The molecule has 4 heteroatoms. The van der Waals surface area contributed by atoms with E-state index in [4.69, 9.17) is 5.11 Å². The van der Waals surface area contributed by atoms with E-state index in [1.165, 1.54) is 0 Å². The van der Waals surface area contributed by atoms with Crippen LogP contribution >= 0.6 is 0 Å². The summed E-state index contributed by atoms with van der Waals surface area (Å²) in [4.78, 5) is 23.3. The molecule has 0 saturated carbocycles. The quantitative estimate of drug-likeness (QED) is 0.705. The molecular weight excluding hydrogens is 182 g/mol. The van der Waals surface area contributed by atoms with Crippen LogP contribution in [0, 0.1) is 5.92 Å². The van der Waals surface area contributed by atoms with Crippen molar-refractivity contribution in [3.8, 4) is 0 Å². The van der Waals surface area contributed by atoms with E-state index in [1.807, 2.05) is 13.8 Å². The molecule has 0 fully saturated rings. The molecule has 0 heterocycles. The van der Waals surface area contributed by atoms with Crippen molar-refractivity contribution in [3.05, 3.63) is 0 Å². The van der Waals surface area contributed by atoms with Crippen LogP contribution in [0.3, 0.4) is 0 Å². The minimum atomic E-state index is -0.843. The first-order valence-electron chi connectivity index (χ1n) is 4.89. The number of amides is 1. The van der Waals surface area contributed by atoms with Gasteiger partial charge < -0.3 is 10.0 Å². The molecule has 0 aliphatic heterocycles. The molecular formula is C10H19NO3. The molecule has 82 valence electrons. The Bertz CT molecular complexity index is 202. The predicted molar refractivity (Wildman–Crippen MR) is 54.0 cm³/mol. The molecule has 0 aliphatic carbocycles. The van der Waals surface area contributed by atoms with E-state index in [9.17, 15) is 9.59 Å². The molecule has 1 amide bonds. The normalized spacial score (nSPS) is 10.3. The summed E-state index contributed by atoms with van der Waals surface area (Å²) in [5, 5.41) is 8.39. The number of carboxylic acid groups (broad SMARTS) is 1. The van der Waals surface area contributed by atoms with Crippen LogP contribution in [0.2, 0.25) is 0 Å². The van der Waals surface area contributed by atoms with Gasteiger partial charge in [-0.15, -0.1) is 0 Å². The molecule has 0 bridgehead atoms. The molecule has 0 radical (unpaired) electrons. The largest absolute Gasteiger partial charge is 0.481 e. The lowest BCUT2D eigenvalue weighted by atomic mass is 10.2. The number of nitrogens with zero attached hydrogens (tertiary/aromatic N) is 1. The average Bonchev–Trinajstić information content (AvgIpc) is 2.01. The SMILES string of the molecule is CC(C)CN(C)C(=O)CCCC(=O)O. The van der Waals surface area contributed by atoms with Gasteiger partial charge >= 0.3 is 5.97 Å². The second-order valence-electron chi connectivity index (χ2n) is 3.92. The third kappa shape index (κ3) is 6.46. The Morgan fingerprint density at radius 1 is 1.29 bits per heavy atom. The minimum Gasteiger partial charge on any atom is -0.481 e. The molecule has 14 heavy (non-hydrogen) atoms. The number of carbonyl (C=O) groups excluding carboxylic acids is 1. The zero-order valence-electron chi connectivity index (χ0n) is 9.12. The standard InChI is InChI=1S/C10H19NO3/c1-8(2)7-11(3)9(12)5-4-6-10(13)14/h8H,4-7H2,1-3H3,(H,13,14). The number of carboxylic acids is 1. The molecule has 0 aliphatic rings. The fourth-order valence-corrected chi connectivity index (χ4v) is 1.23. The summed E-state index contributed by atoms with van der Waals surface area (Å²) < 4.78 is 0. The highest BCUT2D eigenvalue weighted by Crippen LogP contribution is 2.02. The maximum Gasteiger partial charge on any atom is 0.303 e. The molecule has 0 atom stereocenters. The first-order chi connectivity index (χ1) is 6.43. The maximum atomic E-state index is 11.4. The van der Waals surface area contributed by atoms with Gasteiger partial charge in [-0.3, -0.25) is 9.59 Å². The van der Waals surface area contributed by atoms with E-state index >= 15 is 0 Å². The van der Waals surface area contributed by atoms with Gasteiger partial charge in [0.05, 0.1) is 0 Å². The highest BCUT2D eigenvalue weighted by molar-refractivity contribution is 5.76. The van der Waals surface area contributed by atoms with Crippen molar-refractivity contribution in [2.45, 2.75) is 33.1 Å². The lowest BCUT2D eigenvalue weighted by molar-refractivity contribution is -0.137. The fourth-order valence-electron chi connectivity index (χ4n) is 1.23. The van der Waals surface area contributed by atoms with Crippen molar-refractivity contribution in [3.63, 3.8) is 0 Å². The zero-order valence-corrected chi connectivity index (χ0v) is 9.12. The van der Waals surface area contributed by atoms with Crippen LogP contribution < -0.4 is 0 Å². The van der Waals surface area contributed by atoms with Gasteiger partial charge in [-0.05, 0) is 12.3 Å². The number of hydrogen-bond donors (Lipinski definition) is 1. The molecule has 0 spiro atoms. The molecule has 1 N–H and O–H groups in total. The lowest BCUT2D eigenvalue weighted by Crippen LogP contribution is -2.30. The Kier molecular flexibility index (Phi) is 5.92. The van der Waals surface area contributed by atoms with Crippen molar-refractivity contribution in [1.82, 2.24) is 4.90 Å². The van der Waals surface area contributed by atoms with Crippen LogP contribution in [-0.4, -0.2) is 35.5 Å². The van der Waals surface area contributed by atoms with Gasteiger partial charge in [-0.25, -0.2) is 0 Å². The van der Waals surface area contributed by atoms with E-state index in [0.717, 1.165) is 6.54 Å². The van der Waals surface area contributed by atoms with Crippen molar-refractivity contribution in [2.75, 3.05) is 13.6 Å². The number of hydrogen-bond acceptors (Lipinski definition) is 2. The van der Waals surface area contributed by atoms with E-state index in [0.29, 0.717) is 18.8 Å². The highest BCUT2D eigenvalue weighted by atomic mass is 16.4. The van der Waals surface area contributed by atoms with Crippen LogP contribution in [0.5, 0.6) is 0 Å². The van der Waals surface area contributed by atoms with E-state index in [2.05, 4.69) is 0 Å². The summed E-state index contributed by atoms with van der Waals surface area (Å²) in [7, 11) is 1.75. The number of rotatable bonds is 6. The van der Waals surface area contributed by atoms with Gasteiger partial charge in [-0.1, -0.05) is 13.8 Å². The van der Waals surface area contributed by atoms with Crippen molar-refractivity contribution in [2.24, 2.45) is 5.92 Å². The lowest BCUT2D eigenvalue weighted by Gasteiger charge is -2.19. The van der Waals surface area contributed by atoms with Gasteiger partial charge in [0.25, 0.3) is 0 Å². The first-order valence-corrected chi connectivity index (χ1v) is 4.89. The summed E-state index contributed by atoms with van der Waals surface area (Å²) in [6.07, 6.45) is 0.827. The van der Waals surface area contributed by atoms with Crippen molar-refractivity contribution in [1.29, 1.82) is 0 Å². The minimum absolute atomic E-state index is 0.0277. The Morgan fingerprint density at radius 2 is 1.86 bits per heavy atom. The Balaban J connectivity index is 3.67. The summed E-state index contributed by atoms with van der Waals surface area (Å²) >= 11 is 0. The third-order valence-electron chi connectivity index (χ3n) is 1.85. The molecule has 0 rings (SSSR count). The Labute approximate surface area is 84.9 Å². The van der Waals surface area contributed by atoms with E-state index < -0.39 is 5.97 Å².